The fourth-order valence-corrected chi connectivity index (χ4v) is 3.10. The smallest absolute Gasteiger partial charge is 0.391 e. The lowest BCUT2D eigenvalue weighted by molar-refractivity contribution is -0.189. The average molecular weight is 352 g/mol. The molecule has 0 spiro atoms. The zero-order valence-corrected chi connectivity index (χ0v) is 12.4. The number of ether oxygens (including phenoxy) is 1. The number of aromatic nitrogens is 2. The van der Waals surface area contributed by atoms with Crippen molar-refractivity contribution in [3.63, 3.8) is 0 Å². The summed E-state index contributed by atoms with van der Waals surface area (Å²) in [5, 5.41) is -0.456. The molecule has 1 amide bonds. The zero-order valence-electron chi connectivity index (χ0n) is 10.7. The predicted octanol–water partition coefficient (Wildman–Crippen LogP) is 1.72. The summed E-state index contributed by atoms with van der Waals surface area (Å²) in [6, 6.07) is 0. The van der Waals surface area contributed by atoms with Crippen LogP contribution >= 0.6 is 22.7 Å². The molecule has 0 atom stereocenters. The minimum atomic E-state index is -5.14. The van der Waals surface area contributed by atoms with Crippen LogP contribution in [-0.4, -0.2) is 28.0 Å². The average Bonchev–Trinajstić information content (AvgIpc) is 2.91. The fraction of sp³-hybridized carbons (Fsp3) is 0.200. The number of anilines is 1. The summed E-state index contributed by atoms with van der Waals surface area (Å²) in [5.74, 6) is -3.17. The van der Waals surface area contributed by atoms with Gasteiger partial charge in [0, 0.05) is 0 Å². The number of amides is 1. The molecule has 0 aliphatic carbocycles. The van der Waals surface area contributed by atoms with E-state index < -0.39 is 23.2 Å². The first kappa shape index (κ1) is 16.2. The number of nitrogens with zero attached hydrogens (tertiary/aromatic N) is 2. The van der Waals surface area contributed by atoms with Crippen molar-refractivity contribution in [1.82, 2.24) is 9.97 Å². The van der Waals surface area contributed by atoms with Crippen molar-refractivity contribution in [2.45, 2.75) is 13.1 Å². The molecule has 7 nitrogen and oxygen atoms in total. The van der Waals surface area contributed by atoms with Crippen molar-refractivity contribution in [2.24, 2.45) is 5.73 Å². The van der Waals surface area contributed by atoms with Gasteiger partial charge >= 0.3 is 12.1 Å². The van der Waals surface area contributed by atoms with E-state index in [1.165, 1.54) is 6.92 Å². The van der Waals surface area contributed by atoms with E-state index in [4.69, 9.17) is 11.5 Å². The summed E-state index contributed by atoms with van der Waals surface area (Å²) in [7, 11) is 0. The van der Waals surface area contributed by atoms with E-state index in [2.05, 4.69) is 14.7 Å². The lowest BCUT2D eigenvalue weighted by Gasteiger charge is -2.02. The lowest BCUT2D eigenvalue weighted by Crippen LogP contribution is -2.27. The first-order chi connectivity index (χ1) is 10.1. The molecule has 0 bridgehead atoms. The van der Waals surface area contributed by atoms with Crippen molar-refractivity contribution in [3.8, 4) is 15.8 Å². The Bertz CT molecular complexity index is 753. The highest BCUT2D eigenvalue weighted by molar-refractivity contribution is 7.19. The minimum absolute atomic E-state index is 0.0398. The molecular weight excluding hydrogens is 345 g/mol. The van der Waals surface area contributed by atoms with Gasteiger partial charge in [-0.3, -0.25) is 4.79 Å². The number of thiazole rings is 2. The highest BCUT2D eigenvalue weighted by atomic mass is 32.1. The second-order valence-electron chi connectivity index (χ2n) is 3.88. The number of nitrogens with two attached hydrogens (primary N) is 2. The fourth-order valence-electron chi connectivity index (χ4n) is 1.43. The van der Waals surface area contributed by atoms with Gasteiger partial charge in [0.15, 0.2) is 5.13 Å². The standard InChI is InChI=1S/C10H7F3N4O3S2/c1-2-4(3-5(6(14)18)21-8(15)17-3)22-9(16-2)20-7(19)10(11,12)13/h1H3,(H2,14,18)(H2,15,17). The number of alkyl halides is 3. The van der Waals surface area contributed by atoms with Gasteiger partial charge in [-0.2, -0.15) is 13.2 Å². The number of hydrogen-bond donors (Lipinski definition) is 2. The van der Waals surface area contributed by atoms with Crippen LogP contribution in [0.25, 0.3) is 10.6 Å². The molecule has 0 aliphatic heterocycles. The summed E-state index contributed by atoms with van der Waals surface area (Å²) in [4.78, 5) is 30.0. The van der Waals surface area contributed by atoms with E-state index >= 15 is 0 Å². The molecule has 4 N–H and O–H groups in total. The van der Waals surface area contributed by atoms with Crippen LogP contribution in [0.3, 0.4) is 0 Å². The molecule has 22 heavy (non-hydrogen) atoms. The first-order valence-electron chi connectivity index (χ1n) is 5.42. The lowest BCUT2D eigenvalue weighted by atomic mass is 10.2. The molecule has 0 unspecified atom stereocenters. The SMILES string of the molecule is Cc1nc(OC(=O)C(F)(F)F)sc1-c1nc(N)sc1C(N)=O. The maximum Gasteiger partial charge on any atom is 0.491 e. The number of hydrogen-bond acceptors (Lipinski definition) is 8. The predicted molar refractivity (Wildman–Crippen MR) is 72.6 cm³/mol. The van der Waals surface area contributed by atoms with Crippen molar-refractivity contribution >= 4 is 39.7 Å². The summed E-state index contributed by atoms with van der Waals surface area (Å²) < 4.78 is 40.6. The van der Waals surface area contributed by atoms with Gasteiger partial charge in [-0.15, -0.1) is 0 Å². The summed E-state index contributed by atoms with van der Waals surface area (Å²) in [6.45, 7) is 1.46. The summed E-state index contributed by atoms with van der Waals surface area (Å²) in [5.41, 5.74) is 11.0. The highest BCUT2D eigenvalue weighted by Crippen LogP contribution is 2.38. The molecule has 2 rings (SSSR count). The van der Waals surface area contributed by atoms with E-state index in [1.54, 1.807) is 0 Å². The third kappa shape index (κ3) is 3.17. The summed E-state index contributed by atoms with van der Waals surface area (Å²) in [6.07, 6.45) is -5.14. The van der Waals surface area contributed by atoms with Crippen LogP contribution in [0, 0.1) is 6.92 Å². The van der Waals surface area contributed by atoms with Gasteiger partial charge in [0.05, 0.1) is 10.6 Å². The molecule has 2 aromatic rings. The second kappa shape index (κ2) is 5.53. The van der Waals surface area contributed by atoms with Gasteiger partial charge in [0.2, 0.25) is 0 Å². The number of carbonyl (C=O) groups excluding carboxylic acids is 2. The maximum absolute atomic E-state index is 12.2. The Morgan fingerprint density at radius 3 is 2.41 bits per heavy atom. The maximum atomic E-state index is 12.2. The topological polar surface area (TPSA) is 121 Å². The number of primary amides is 1. The Hall–Kier alpha value is -2.21. The van der Waals surface area contributed by atoms with Crippen LogP contribution < -0.4 is 16.2 Å². The van der Waals surface area contributed by atoms with Crippen LogP contribution in [0.15, 0.2) is 0 Å². The van der Waals surface area contributed by atoms with Crippen LogP contribution in [0.1, 0.15) is 15.4 Å². The summed E-state index contributed by atoms with van der Waals surface area (Å²) >= 11 is 1.47. The Morgan fingerprint density at radius 1 is 1.23 bits per heavy atom. The molecule has 0 radical (unpaired) electrons. The number of esters is 1. The highest BCUT2D eigenvalue weighted by Gasteiger charge is 2.42. The molecule has 2 heterocycles. The van der Waals surface area contributed by atoms with E-state index in [0.29, 0.717) is 11.3 Å². The third-order valence-electron chi connectivity index (χ3n) is 2.27. The Morgan fingerprint density at radius 2 is 1.86 bits per heavy atom. The molecule has 118 valence electrons. The Kier molecular flexibility index (Phi) is 4.06. The number of aryl methyl sites for hydroxylation is 1. The minimum Gasteiger partial charge on any atom is -0.391 e. The largest absolute Gasteiger partial charge is 0.491 e. The molecule has 0 aromatic carbocycles. The molecule has 0 aliphatic rings. The molecule has 0 fully saturated rings. The number of nitrogen functional groups attached to an aromatic ring is 1. The molecular formula is C10H7F3N4O3S2. The van der Waals surface area contributed by atoms with E-state index in [1.807, 2.05) is 0 Å². The van der Waals surface area contributed by atoms with E-state index in [0.717, 1.165) is 11.3 Å². The van der Waals surface area contributed by atoms with Crippen molar-refractivity contribution < 1.29 is 27.5 Å². The van der Waals surface area contributed by atoms with Crippen molar-refractivity contribution in [2.75, 3.05) is 5.73 Å². The number of carbonyl (C=O) groups is 2. The molecule has 0 saturated carbocycles. The van der Waals surface area contributed by atoms with Gasteiger partial charge in [0.25, 0.3) is 11.1 Å². The third-order valence-corrected chi connectivity index (χ3v) is 4.21. The van der Waals surface area contributed by atoms with E-state index in [-0.39, 0.29) is 26.3 Å². The van der Waals surface area contributed by atoms with Gasteiger partial charge in [-0.1, -0.05) is 22.7 Å². The van der Waals surface area contributed by atoms with Crippen LogP contribution in [0.2, 0.25) is 0 Å². The number of halogens is 3. The first-order valence-corrected chi connectivity index (χ1v) is 7.05. The van der Waals surface area contributed by atoms with Crippen LogP contribution in [-0.2, 0) is 4.79 Å². The van der Waals surface area contributed by atoms with Crippen LogP contribution in [0.4, 0.5) is 18.3 Å². The molecule has 2 aromatic heterocycles. The van der Waals surface area contributed by atoms with Gasteiger partial charge in [0.1, 0.15) is 10.6 Å². The monoisotopic (exact) mass is 352 g/mol. The van der Waals surface area contributed by atoms with Crippen LogP contribution in [0.5, 0.6) is 5.19 Å². The Balaban J connectivity index is 2.39. The molecule has 12 heteroatoms. The van der Waals surface area contributed by atoms with Crippen molar-refractivity contribution in [3.05, 3.63) is 10.6 Å². The van der Waals surface area contributed by atoms with Gasteiger partial charge < -0.3 is 16.2 Å². The zero-order chi connectivity index (χ0) is 16.7. The normalized spacial score (nSPS) is 11.5. The van der Waals surface area contributed by atoms with Gasteiger partial charge in [-0.25, -0.2) is 14.8 Å². The second-order valence-corrected chi connectivity index (χ2v) is 5.87. The number of rotatable bonds is 3. The Labute approximate surface area is 128 Å². The van der Waals surface area contributed by atoms with Crippen molar-refractivity contribution in [1.29, 1.82) is 0 Å². The quantitative estimate of drug-likeness (QED) is 0.811. The van der Waals surface area contributed by atoms with E-state index in [9.17, 15) is 22.8 Å². The van der Waals surface area contributed by atoms with Gasteiger partial charge in [-0.05, 0) is 6.92 Å². The molecule has 0 saturated heterocycles.